The first-order chi connectivity index (χ1) is 9.49. The van der Waals surface area contributed by atoms with Crippen LogP contribution in [0.25, 0.3) is 0 Å². The molecule has 0 aliphatic rings. The maximum Gasteiger partial charge on any atom is 0.419 e. The number of aliphatic hydroxyl groups excluding tert-OH is 1. The topological polar surface area (TPSA) is 55.5 Å². The second-order valence-electron chi connectivity index (χ2n) is 4.52. The van der Waals surface area contributed by atoms with Gasteiger partial charge in [-0.1, -0.05) is 12.5 Å². The standard InChI is InChI=1S/C14H20F3NO2/c15-14(16,17)12-9-11(10-18)5-6-13(12)20-8-4-2-1-3-7-19/h5-6,9,19H,1-4,7-8,10,18H2. The van der Waals surface area contributed by atoms with Gasteiger partial charge in [-0.3, -0.25) is 0 Å². The van der Waals surface area contributed by atoms with Crippen LogP contribution in [0.15, 0.2) is 18.2 Å². The van der Waals surface area contributed by atoms with Crippen molar-refractivity contribution >= 4 is 0 Å². The maximum atomic E-state index is 12.9. The van der Waals surface area contributed by atoms with Crippen molar-refractivity contribution in [2.45, 2.75) is 38.4 Å². The molecular weight excluding hydrogens is 271 g/mol. The minimum atomic E-state index is -4.45. The molecule has 0 bridgehead atoms. The van der Waals surface area contributed by atoms with Crippen LogP contribution in [-0.4, -0.2) is 18.3 Å². The number of aliphatic hydroxyl groups is 1. The minimum Gasteiger partial charge on any atom is -0.493 e. The number of benzene rings is 1. The molecule has 0 unspecified atom stereocenters. The Morgan fingerprint density at radius 3 is 2.40 bits per heavy atom. The van der Waals surface area contributed by atoms with Gasteiger partial charge in [0.1, 0.15) is 5.75 Å². The van der Waals surface area contributed by atoms with Gasteiger partial charge in [0, 0.05) is 13.2 Å². The summed E-state index contributed by atoms with van der Waals surface area (Å²) in [5.41, 5.74) is 4.99. The summed E-state index contributed by atoms with van der Waals surface area (Å²) in [5, 5.41) is 8.61. The van der Waals surface area contributed by atoms with Crippen LogP contribution in [0.2, 0.25) is 0 Å². The fraction of sp³-hybridized carbons (Fsp3) is 0.571. The van der Waals surface area contributed by atoms with E-state index in [2.05, 4.69) is 0 Å². The molecule has 3 nitrogen and oxygen atoms in total. The average Bonchev–Trinajstić information content (AvgIpc) is 2.41. The number of alkyl halides is 3. The quantitative estimate of drug-likeness (QED) is 0.724. The summed E-state index contributed by atoms with van der Waals surface area (Å²) in [4.78, 5) is 0. The summed E-state index contributed by atoms with van der Waals surface area (Å²) >= 11 is 0. The second-order valence-corrected chi connectivity index (χ2v) is 4.52. The van der Waals surface area contributed by atoms with Crippen LogP contribution in [0.5, 0.6) is 5.75 Å². The number of hydrogen-bond acceptors (Lipinski definition) is 3. The Bertz CT molecular complexity index is 408. The van der Waals surface area contributed by atoms with Crippen LogP contribution in [-0.2, 0) is 12.7 Å². The molecule has 20 heavy (non-hydrogen) atoms. The zero-order chi connectivity index (χ0) is 15.0. The Kier molecular flexibility index (Phi) is 6.81. The second kappa shape index (κ2) is 8.11. The summed E-state index contributed by atoms with van der Waals surface area (Å²) in [6.07, 6.45) is -1.41. The highest BCUT2D eigenvalue weighted by Crippen LogP contribution is 2.36. The van der Waals surface area contributed by atoms with Crippen LogP contribution in [0.4, 0.5) is 13.2 Å². The lowest BCUT2D eigenvalue weighted by Gasteiger charge is -2.15. The molecule has 1 aromatic carbocycles. The fourth-order valence-corrected chi connectivity index (χ4v) is 1.80. The molecule has 114 valence electrons. The predicted molar refractivity (Wildman–Crippen MR) is 70.4 cm³/mol. The maximum absolute atomic E-state index is 12.9. The lowest BCUT2D eigenvalue weighted by atomic mass is 10.1. The van der Waals surface area contributed by atoms with Crippen molar-refractivity contribution in [3.63, 3.8) is 0 Å². The molecule has 3 N–H and O–H groups in total. The van der Waals surface area contributed by atoms with Crippen molar-refractivity contribution in [2.24, 2.45) is 5.73 Å². The predicted octanol–water partition coefficient (Wildman–Crippen LogP) is 3.10. The number of unbranched alkanes of at least 4 members (excludes halogenated alkanes) is 3. The van der Waals surface area contributed by atoms with Gasteiger partial charge in [-0.2, -0.15) is 13.2 Å². The van der Waals surface area contributed by atoms with Gasteiger partial charge in [-0.15, -0.1) is 0 Å². The van der Waals surface area contributed by atoms with E-state index in [1.54, 1.807) is 0 Å². The number of ether oxygens (including phenoxy) is 1. The molecule has 0 saturated carbocycles. The van der Waals surface area contributed by atoms with Gasteiger partial charge in [-0.25, -0.2) is 0 Å². The lowest BCUT2D eigenvalue weighted by molar-refractivity contribution is -0.139. The molecule has 0 saturated heterocycles. The molecule has 0 atom stereocenters. The molecular formula is C14H20F3NO2. The van der Waals surface area contributed by atoms with Gasteiger partial charge in [0.05, 0.1) is 12.2 Å². The number of hydrogen-bond donors (Lipinski definition) is 2. The van der Waals surface area contributed by atoms with Gasteiger partial charge in [0.25, 0.3) is 0 Å². The largest absolute Gasteiger partial charge is 0.493 e. The van der Waals surface area contributed by atoms with Crippen molar-refractivity contribution in [3.05, 3.63) is 29.3 Å². The molecule has 6 heteroatoms. The van der Waals surface area contributed by atoms with Crippen LogP contribution in [0.1, 0.15) is 36.8 Å². The van der Waals surface area contributed by atoms with Gasteiger partial charge >= 0.3 is 6.18 Å². The van der Waals surface area contributed by atoms with Crippen LogP contribution < -0.4 is 10.5 Å². The average molecular weight is 291 g/mol. The van der Waals surface area contributed by atoms with Gasteiger partial charge in [-0.05, 0) is 37.0 Å². The first kappa shape index (κ1) is 16.8. The third kappa shape index (κ3) is 5.38. The Balaban J connectivity index is 2.60. The number of nitrogens with two attached hydrogens (primary N) is 1. The molecule has 0 aliphatic carbocycles. The van der Waals surface area contributed by atoms with Crippen LogP contribution in [0.3, 0.4) is 0 Å². The first-order valence-corrected chi connectivity index (χ1v) is 6.63. The van der Waals surface area contributed by atoms with Crippen molar-refractivity contribution in [2.75, 3.05) is 13.2 Å². The van der Waals surface area contributed by atoms with E-state index in [9.17, 15) is 13.2 Å². The van der Waals surface area contributed by atoms with Gasteiger partial charge < -0.3 is 15.6 Å². The van der Waals surface area contributed by atoms with Crippen molar-refractivity contribution in [1.82, 2.24) is 0 Å². The summed E-state index contributed by atoms with van der Waals surface area (Å²) in [5.74, 6) is -0.156. The zero-order valence-electron chi connectivity index (χ0n) is 11.2. The molecule has 1 aromatic rings. The highest BCUT2D eigenvalue weighted by atomic mass is 19.4. The SMILES string of the molecule is NCc1ccc(OCCCCCCO)c(C(F)(F)F)c1. The first-order valence-electron chi connectivity index (χ1n) is 6.63. The third-order valence-corrected chi connectivity index (χ3v) is 2.90. The number of rotatable bonds is 8. The summed E-state index contributed by atoms with van der Waals surface area (Å²) in [6, 6.07) is 3.89. The van der Waals surface area contributed by atoms with Gasteiger partial charge in [0.15, 0.2) is 0 Å². The summed E-state index contributed by atoms with van der Waals surface area (Å²) in [6.45, 7) is 0.431. The third-order valence-electron chi connectivity index (χ3n) is 2.90. The number of halogens is 3. The zero-order valence-corrected chi connectivity index (χ0v) is 11.2. The Morgan fingerprint density at radius 1 is 1.10 bits per heavy atom. The van der Waals surface area contributed by atoms with Crippen molar-refractivity contribution < 1.29 is 23.0 Å². The molecule has 0 heterocycles. The van der Waals surface area contributed by atoms with E-state index in [0.29, 0.717) is 18.4 Å². The summed E-state index contributed by atoms with van der Waals surface area (Å²) < 4.78 is 43.9. The van der Waals surface area contributed by atoms with E-state index >= 15 is 0 Å². The minimum absolute atomic E-state index is 0.0600. The van der Waals surface area contributed by atoms with E-state index in [1.807, 2.05) is 0 Å². The lowest BCUT2D eigenvalue weighted by Crippen LogP contribution is -2.11. The fourth-order valence-electron chi connectivity index (χ4n) is 1.80. The highest BCUT2D eigenvalue weighted by Gasteiger charge is 2.34. The molecule has 0 spiro atoms. The molecule has 0 aromatic heterocycles. The highest BCUT2D eigenvalue weighted by molar-refractivity contribution is 5.39. The van der Waals surface area contributed by atoms with Crippen LogP contribution >= 0.6 is 0 Å². The molecule has 0 aliphatic heterocycles. The smallest absolute Gasteiger partial charge is 0.419 e. The molecule has 0 radical (unpaired) electrons. The Labute approximate surface area is 116 Å². The monoisotopic (exact) mass is 291 g/mol. The van der Waals surface area contributed by atoms with Crippen LogP contribution in [0, 0.1) is 0 Å². The summed E-state index contributed by atoms with van der Waals surface area (Å²) in [7, 11) is 0. The van der Waals surface area contributed by atoms with Crippen molar-refractivity contribution in [3.8, 4) is 5.75 Å². The van der Waals surface area contributed by atoms with E-state index in [1.165, 1.54) is 12.1 Å². The normalized spacial score (nSPS) is 11.7. The molecule has 1 rings (SSSR count). The Hall–Kier alpha value is -1.27. The van der Waals surface area contributed by atoms with Crippen molar-refractivity contribution in [1.29, 1.82) is 0 Å². The Morgan fingerprint density at radius 2 is 1.80 bits per heavy atom. The molecule has 0 fully saturated rings. The van der Waals surface area contributed by atoms with Gasteiger partial charge in [0.2, 0.25) is 0 Å². The van der Waals surface area contributed by atoms with E-state index in [0.717, 1.165) is 18.9 Å². The van der Waals surface area contributed by atoms with E-state index in [4.69, 9.17) is 15.6 Å². The molecule has 0 amide bonds. The van der Waals surface area contributed by atoms with E-state index in [-0.39, 0.29) is 25.5 Å². The van der Waals surface area contributed by atoms with E-state index < -0.39 is 11.7 Å².